The molecule has 7 heteroatoms. The minimum absolute atomic E-state index is 0.960. The van der Waals surface area contributed by atoms with Gasteiger partial charge in [0.2, 0.25) is 0 Å². The molecule has 2 heterocycles. The van der Waals surface area contributed by atoms with Crippen molar-refractivity contribution in [2.45, 2.75) is 0 Å². The molecule has 0 bridgehead atoms. The zero-order valence-electron chi connectivity index (χ0n) is 10.8. The van der Waals surface area contributed by atoms with Crippen molar-refractivity contribution < 1.29 is 33.3 Å². The first-order chi connectivity index (χ1) is 9.93. The fraction of sp³-hybridized carbons (Fsp3) is 0. The molecule has 2 aromatic heterocycles. The molecule has 0 unspecified atom stereocenters. The van der Waals surface area contributed by atoms with Crippen LogP contribution in [0.2, 0.25) is 0 Å². The fourth-order valence-electron chi connectivity index (χ4n) is 1.76. The van der Waals surface area contributed by atoms with Gasteiger partial charge in [-0.3, -0.25) is 0 Å². The molecule has 0 atom stereocenters. The summed E-state index contributed by atoms with van der Waals surface area (Å²) >= 11 is 0. The van der Waals surface area contributed by atoms with Gasteiger partial charge in [-0.2, -0.15) is 0 Å². The number of fused-ring (bicyclic) bond motifs is 1. The van der Waals surface area contributed by atoms with Crippen molar-refractivity contribution in [2.75, 3.05) is 0 Å². The lowest BCUT2D eigenvalue weighted by Crippen LogP contribution is -2.68. The molecule has 0 saturated carbocycles. The maximum absolute atomic E-state index is 8.49. The van der Waals surface area contributed by atoms with Gasteiger partial charge in [-0.1, -0.05) is 36.4 Å². The Morgan fingerprint density at radius 3 is 2.10 bits per heavy atom. The predicted octanol–water partition coefficient (Wildman–Crippen LogP) is -2.27. The van der Waals surface area contributed by atoms with Crippen molar-refractivity contribution in [3.8, 4) is 11.1 Å². The van der Waals surface area contributed by atoms with Gasteiger partial charge in [-0.25, -0.2) is 23.0 Å². The van der Waals surface area contributed by atoms with E-state index in [1.165, 1.54) is 5.56 Å². The van der Waals surface area contributed by atoms with Crippen LogP contribution in [-0.4, -0.2) is 4.98 Å². The summed E-state index contributed by atoms with van der Waals surface area (Å²) in [6.07, 6.45) is 6.01. The van der Waals surface area contributed by atoms with E-state index in [1.54, 1.807) is 0 Å². The highest BCUT2D eigenvalue weighted by Crippen LogP contribution is 2.15. The molecule has 6 nitrogen and oxygen atoms in total. The van der Waals surface area contributed by atoms with E-state index in [0.29, 0.717) is 0 Å². The summed E-state index contributed by atoms with van der Waals surface area (Å²) in [4.78, 5) is 4.42. The van der Waals surface area contributed by atoms with Gasteiger partial charge in [-0.05, 0) is 16.6 Å². The van der Waals surface area contributed by atoms with E-state index in [2.05, 4.69) is 23.3 Å². The third-order valence-corrected chi connectivity index (χ3v) is 2.59. The molecule has 0 fully saturated rings. The molecule has 0 amide bonds. The quantitative estimate of drug-likeness (QED) is 0.471. The maximum Gasteiger partial charge on any atom is 0.327 e. The number of hydrogen-bond acceptors (Lipinski definition) is 5. The Kier molecular flexibility index (Phi) is 4.79. The van der Waals surface area contributed by atoms with E-state index in [9.17, 15) is 0 Å². The molecule has 0 spiro atoms. The van der Waals surface area contributed by atoms with Gasteiger partial charge in [0.1, 0.15) is 6.20 Å². The van der Waals surface area contributed by atoms with Crippen molar-refractivity contribution in [3.63, 3.8) is 0 Å². The molecule has 3 rings (SSSR count). The van der Waals surface area contributed by atoms with Crippen LogP contribution in [0.25, 0.3) is 16.8 Å². The van der Waals surface area contributed by atoms with E-state index in [4.69, 9.17) is 18.6 Å². The Hall–Kier alpha value is -2.09. The second-order valence-corrected chi connectivity index (χ2v) is 4.81. The summed E-state index contributed by atoms with van der Waals surface area (Å²) < 4.78 is 36.0. The maximum atomic E-state index is 8.49. The lowest BCUT2D eigenvalue weighted by atomic mass is 10.1. The van der Waals surface area contributed by atoms with Crippen LogP contribution in [0.1, 0.15) is 0 Å². The van der Waals surface area contributed by atoms with Gasteiger partial charge < -0.3 is 0 Å². The normalized spacial score (nSPS) is 10.9. The first-order valence-corrected chi connectivity index (χ1v) is 7.10. The van der Waals surface area contributed by atoms with Gasteiger partial charge in [-0.15, -0.1) is 10.2 Å². The van der Waals surface area contributed by atoms with Crippen LogP contribution in [0.15, 0.2) is 67.1 Å². The monoisotopic (exact) mass is 306 g/mol. The van der Waals surface area contributed by atoms with Gasteiger partial charge >= 0.3 is 5.65 Å². The largest absolute Gasteiger partial charge is 0.327 e. The molecule has 0 aliphatic carbocycles. The molecule has 0 radical (unpaired) electrons. The standard InChI is InChI=1S/C14H11N2.ClHO4/c1-2-6-12(7-3-1)13-10-15-14-8-4-5-9-16(14)11-13;2-1(3,4)5/h1-11H;(H,2,3,4,5)/q+1;/p-1. The topological polar surface area (TPSA) is 109 Å². The molecule has 0 aliphatic rings. The summed E-state index contributed by atoms with van der Waals surface area (Å²) in [5, 5.41) is 0. The van der Waals surface area contributed by atoms with Crippen molar-refractivity contribution >= 4 is 5.65 Å². The lowest BCUT2D eigenvalue weighted by Gasteiger charge is -2.17. The highest BCUT2D eigenvalue weighted by molar-refractivity contribution is 5.61. The third-order valence-electron chi connectivity index (χ3n) is 2.59. The zero-order valence-corrected chi connectivity index (χ0v) is 11.5. The van der Waals surface area contributed by atoms with Crippen molar-refractivity contribution in [1.29, 1.82) is 0 Å². The first-order valence-electron chi connectivity index (χ1n) is 5.87. The van der Waals surface area contributed by atoms with Crippen molar-refractivity contribution in [1.82, 2.24) is 4.98 Å². The van der Waals surface area contributed by atoms with E-state index >= 15 is 0 Å². The fourth-order valence-corrected chi connectivity index (χ4v) is 1.76. The number of pyridine rings is 1. The Balaban J connectivity index is 0.000000282. The van der Waals surface area contributed by atoms with Crippen LogP contribution in [0.3, 0.4) is 0 Å². The summed E-state index contributed by atoms with van der Waals surface area (Å²) in [6.45, 7) is 0. The molecular formula is C14H11ClN2O4. The summed E-state index contributed by atoms with van der Waals surface area (Å²) in [5.74, 6) is 0. The SMILES string of the molecule is [O-][Cl+3]([O-])([O-])[O-].c1ccc(-c2cnc3cccc[n+]3c2)cc1. The lowest BCUT2D eigenvalue weighted by molar-refractivity contribution is -2.00. The van der Waals surface area contributed by atoms with E-state index < -0.39 is 10.2 Å². The second-order valence-electron chi connectivity index (χ2n) is 4.05. The summed E-state index contributed by atoms with van der Waals surface area (Å²) in [5.41, 5.74) is 3.28. The number of nitrogens with zero attached hydrogens (tertiary/aromatic N) is 2. The van der Waals surface area contributed by atoms with Gasteiger partial charge in [0.25, 0.3) is 0 Å². The van der Waals surface area contributed by atoms with Crippen LogP contribution in [-0.2, 0) is 0 Å². The molecule has 0 aliphatic heterocycles. The molecule has 3 aromatic rings. The van der Waals surface area contributed by atoms with Crippen LogP contribution in [0.4, 0.5) is 0 Å². The number of halogens is 1. The Morgan fingerprint density at radius 2 is 1.43 bits per heavy atom. The highest BCUT2D eigenvalue weighted by Gasteiger charge is 2.05. The minimum atomic E-state index is -4.94. The van der Waals surface area contributed by atoms with E-state index in [-0.39, 0.29) is 0 Å². The first kappa shape index (κ1) is 15.3. The minimum Gasteiger partial charge on any atom is -0.222 e. The smallest absolute Gasteiger partial charge is 0.222 e. The molecule has 0 N–H and O–H groups in total. The number of aromatic nitrogens is 2. The Labute approximate surface area is 122 Å². The number of hydrogen-bond donors (Lipinski definition) is 0. The zero-order chi connectivity index (χ0) is 15.3. The van der Waals surface area contributed by atoms with Crippen LogP contribution < -0.4 is 23.0 Å². The summed E-state index contributed by atoms with van der Waals surface area (Å²) in [6, 6.07) is 16.3. The molecule has 21 heavy (non-hydrogen) atoms. The highest BCUT2D eigenvalue weighted by atomic mass is 35.7. The second kappa shape index (κ2) is 6.57. The number of rotatable bonds is 1. The van der Waals surface area contributed by atoms with Crippen LogP contribution in [0.5, 0.6) is 0 Å². The van der Waals surface area contributed by atoms with E-state index in [1.807, 2.05) is 53.2 Å². The Morgan fingerprint density at radius 1 is 0.810 bits per heavy atom. The van der Waals surface area contributed by atoms with Gasteiger partial charge in [0.15, 0.2) is 6.20 Å². The summed E-state index contributed by atoms with van der Waals surface area (Å²) in [7, 11) is -4.94. The Bertz CT molecular complexity index is 711. The average molecular weight is 307 g/mol. The van der Waals surface area contributed by atoms with Gasteiger partial charge in [0, 0.05) is 6.07 Å². The molecule has 1 aromatic carbocycles. The molecular weight excluding hydrogens is 296 g/mol. The van der Waals surface area contributed by atoms with Crippen LogP contribution >= 0.6 is 0 Å². The van der Waals surface area contributed by atoms with E-state index in [0.717, 1.165) is 11.2 Å². The van der Waals surface area contributed by atoms with Crippen molar-refractivity contribution in [3.05, 3.63) is 67.1 Å². The average Bonchev–Trinajstić information content (AvgIpc) is 2.46. The van der Waals surface area contributed by atoms with Gasteiger partial charge in [0.05, 0.1) is 11.8 Å². The number of benzene rings is 1. The molecule has 108 valence electrons. The van der Waals surface area contributed by atoms with Crippen molar-refractivity contribution in [2.24, 2.45) is 0 Å². The molecule has 0 saturated heterocycles. The predicted molar refractivity (Wildman–Crippen MR) is 62.8 cm³/mol. The van der Waals surface area contributed by atoms with Crippen LogP contribution in [0, 0.1) is 10.2 Å². The third kappa shape index (κ3) is 5.07.